The number of allylic oxidation sites excluding steroid dienone is 2. The molecule has 0 fully saturated rings. The summed E-state index contributed by atoms with van der Waals surface area (Å²) in [4.78, 5) is 16.6. The van der Waals surface area contributed by atoms with E-state index in [1.165, 1.54) is 6.21 Å². The van der Waals surface area contributed by atoms with Gasteiger partial charge in [-0.15, -0.1) is 0 Å². The molecule has 0 bridgehead atoms. The minimum absolute atomic E-state index is 0. The van der Waals surface area contributed by atoms with Crippen molar-refractivity contribution in [2.45, 2.75) is 18.8 Å². The van der Waals surface area contributed by atoms with Gasteiger partial charge in [0.05, 0.1) is 11.3 Å². The average molecular weight is 293 g/mol. The van der Waals surface area contributed by atoms with Crippen LogP contribution in [0, 0.1) is 0 Å². The molecule has 1 unspecified atom stereocenters. The molecule has 112 valence electrons. The number of hydrogen-bond donors (Lipinski definition) is 1. The van der Waals surface area contributed by atoms with Gasteiger partial charge in [-0.2, -0.15) is 0 Å². The maximum Gasteiger partial charge on any atom is 0.168 e. The van der Waals surface area contributed by atoms with E-state index in [0.717, 1.165) is 11.3 Å². The summed E-state index contributed by atoms with van der Waals surface area (Å²) in [6.45, 7) is 0. The van der Waals surface area contributed by atoms with Gasteiger partial charge in [0.1, 0.15) is 5.76 Å². The number of rotatable bonds is 3. The molecule has 0 aromatic heterocycles. The van der Waals surface area contributed by atoms with Crippen molar-refractivity contribution in [1.29, 1.82) is 0 Å². The summed E-state index contributed by atoms with van der Waals surface area (Å²) in [6.07, 6.45) is 2.37. The lowest BCUT2D eigenvalue weighted by atomic mass is 9.83. The number of ketones is 1. The van der Waals surface area contributed by atoms with E-state index in [0.29, 0.717) is 18.4 Å². The van der Waals surface area contributed by atoms with Crippen LogP contribution in [0.3, 0.4) is 0 Å². The van der Waals surface area contributed by atoms with Gasteiger partial charge in [-0.3, -0.25) is 9.79 Å². The van der Waals surface area contributed by atoms with Gasteiger partial charge < -0.3 is 5.11 Å². The summed E-state index contributed by atoms with van der Waals surface area (Å²) in [5, 5.41) is 10.2. The molecule has 3 rings (SSSR count). The summed E-state index contributed by atoms with van der Waals surface area (Å²) in [7, 11) is 0. The Morgan fingerprint density at radius 3 is 2.27 bits per heavy atom. The molecule has 1 atom stereocenters. The second kappa shape index (κ2) is 6.39. The molecule has 1 aliphatic rings. The summed E-state index contributed by atoms with van der Waals surface area (Å²) < 4.78 is 0. The number of hydrogen-bond acceptors (Lipinski definition) is 3. The van der Waals surface area contributed by atoms with Gasteiger partial charge in [0.2, 0.25) is 0 Å². The van der Waals surface area contributed by atoms with Crippen molar-refractivity contribution < 1.29 is 11.3 Å². The highest BCUT2D eigenvalue weighted by Gasteiger charge is 2.27. The SMILES string of the molecule is O=C1CC(c2ccccc2)CC(O)=C1C=Nc1ccccc1.[HH]. The molecule has 0 saturated carbocycles. The Morgan fingerprint density at radius 1 is 1.00 bits per heavy atom. The molecule has 0 heterocycles. The van der Waals surface area contributed by atoms with Gasteiger partial charge in [-0.25, -0.2) is 0 Å². The molecule has 0 spiro atoms. The fourth-order valence-corrected chi connectivity index (χ4v) is 2.67. The van der Waals surface area contributed by atoms with E-state index in [1.807, 2.05) is 60.7 Å². The minimum atomic E-state index is -0.0581. The van der Waals surface area contributed by atoms with Crippen molar-refractivity contribution >= 4 is 17.7 Å². The van der Waals surface area contributed by atoms with Crippen molar-refractivity contribution in [1.82, 2.24) is 0 Å². The molecule has 0 saturated heterocycles. The molecule has 2 aromatic rings. The van der Waals surface area contributed by atoms with Gasteiger partial charge in [0.15, 0.2) is 5.78 Å². The molecular formula is C19H19NO2. The lowest BCUT2D eigenvalue weighted by Gasteiger charge is -2.22. The van der Waals surface area contributed by atoms with Gasteiger partial charge >= 0.3 is 0 Å². The summed E-state index contributed by atoms with van der Waals surface area (Å²) in [6, 6.07) is 19.2. The van der Waals surface area contributed by atoms with Crippen LogP contribution in [-0.4, -0.2) is 17.1 Å². The number of Topliss-reactive ketones (excluding diaryl/α,β-unsaturated/α-hetero) is 1. The average Bonchev–Trinajstić information content (AvgIpc) is 2.56. The van der Waals surface area contributed by atoms with Crippen LogP contribution in [0.15, 0.2) is 77.0 Å². The number of benzene rings is 2. The molecule has 0 amide bonds. The van der Waals surface area contributed by atoms with Crippen LogP contribution in [0.25, 0.3) is 0 Å². The van der Waals surface area contributed by atoms with E-state index in [1.54, 1.807) is 0 Å². The third kappa shape index (κ3) is 3.14. The standard InChI is InChI=1S/C19H17NO2.H2/c21-18-11-15(14-7-3-1-4-8-14)12-19(22)17(18)13-20-16-9-5-2-6-10-16;/h1-10,13,15,21H,11-12H2;1H. The van der Waals surface area contributed by atoms with Gasteiger partial charge in [0.25, 0.3) is 0 Å². The molecule has 3 heteroatoms. The second-order valence-corrected chi connectivity index (χ2v) is 5.39. The van der Waals surface area contributed by atoms with Gasteiger partial charge in [0, 0.05) is 20.5 Å². The zero-order chi connectivity index (χ0) is 15.4. The number of aliphatic hydroxyl groups excluding tert-OH is 1. The zero-order valence-corrected chi connectivity index (χ0v) is 12.1. The van der Waals surface area contributed by atoms with Gasteiger partial charge in [-0.1, -0.05) is 48.5 Å². The van der Waals surface area contributed by atoms with Crippen molar-refractivity contribution in [2.75, 3.05) is 0 Å². The van der Waals surface area contributed by atoms with Crippen LogP contribution in [0.4, 0.5) is 5.69 Å². The Balaban J connectivity index is 0.00000192. The number of carbonyl (C=O) groups excluding carboxylic acids is 1. The van der Waals surface area contributed by atoms with E-state index in [4.69, 9.17) is 0 Å². The first-order valence-corrected chi connectivity index (χ1v) is 7.33. The molecule has 2 aromatic carbocycles. The van der Waals surface area contributed by atoms with E-state index < -0.39 is 0 Å². The predicted molar refractivity (Wildman–Crippen MR) is 89.8 cm³/mol. The highest BCUT2D eigenvalue weighted by atomic mass is 16.3. The lowest BCUT2D eigenvalue weighted by molar-refractivity contribution is -0.116. The lowest BCUT2D eigenvalue weighted by Crippen LogP contribution is -2.19. The highest BCUT2D eigenvalue weighted by molar-refractivity contribution is 6.15. The summed E-state index contributed by atoms with van der Waals surface area (Å²) in [5.74, 6) is 0.115. The molecular weight excluding hydrogens is 274 g/mol. The number of carbonyl (C=O) groups is 1. The first-order chi connectivity index (χ1) is 10.7. The van der Waals surface area contributed by atoms with E-state index in [2.05, 4.69) is 4.99 Å². The smallest absolute Gasteiger partial charge is 0.168 e. The van der Waals surface area contributed by atoms with Crippen LogP contribution in [-0.2, 0) is 4.79 Å². The van der Waals surface area contributed by atoms with Crippen molar-refractivity contribution in [2.24, 2.45) is 4.99 Å². The fourth-order valence-electron chi connectivity index (χ4n) is 2.67. The van der Waals surface area contributed by atoms with Gasteiger partial charge in [-0.05, 0) is 23.6 Å². The first kappa shape index (κ1) is 14.3. The number of nitrogens with zero attached hydrogens (tertiary/aromatic N) is 1. The Bertz CT molecular complexity index is 724. The van der Waals surface area contributed by atoms with E-state index in [-0.39, 0.29) is 18.9 Å². The number of aliphatic hydroxyl groups is 1. The van der Waals surface area contributed by atoms with Crippen molar-refractivity contribution in [3.63, 3.8) is 0 Å². The monoisotopic (exact) mass is 293 g/mol. The zero-order valence-electron chi connectivity index (χ0n) is 12.1. The molecule has 0 aliphatic heterocycles. The second-order valence-electron chi connectivity index (χ2n) is 5.39. The Morgan fingerprint density at radius 2 is 1.64 bits per heavy atom. The van der Waals surface area contributed by atoms with E-state index in [9.17, 15) is 9.90 Å². The quantitative estimate of drug-likeness (QED) is 0.841. The Kier molecular flexibility index (Phi) is 4.15. The third-order valence-electron chi connectivity index (χ3n) is 3.85. The molecule has 1 N–H and O–H groups in total. The van der Waals surface area contributed by atoms with Crippen LogP contribution < -0.4 is 0 Å². The normalized spacial score (nSPS) is 18.9. The largest absolute Gasteiger partial charge is 0.511 e. The predicted octanol–water partition coefficient (Wildman–Crippen LogP) is 4.59. The Labute approximate surface area is 131 Å². The number of aliphatic imine (C=N–C) groups is 1. The highest BCUT2D eigenvalue weighted by Crippen LogP contribution is 2.33. The summed E-state index contributed by atoms with van der Waals surface area (Å²) >= 11 is 0. The molecule has 3 nitrogen and oxygen atoms in total. The van der Waals surface area contributed by atoms with Crippen LogP contribution >= 0.6 is 0 Å². The van der Waals surface area contributed by atoms with Crippen LogP contribution in [0.1, 0.15) is 25.7 Å². The first-order valence-electron chi connectivity index (χ1n) is 7.33. The molecule has 22 heavy (non-hydrogen) atoms. The number of para-hydroxylation sites is 1. The topological polar surface area (TPSA) is 49.7 Å². The molecule has 1 aliphatic carbocycles. The van der Waals surface area contributed by atoms with E-state index >= 15 is 0 Å². The maximum atomic E-state index is 12.3. The van der Waals surface area contributed by atoms with Crippen molar-refractivity contribution in [3.05, 3.63) is 77.6 Å². The molecule has 0 radical (unpaired) electrons. The maximum absolute atomic E-state index is 12.3. The summed E-state index contributed by atoms with van der Waals surface area (Å²) in [5.41, 5.74) is 2.18. The minimum Gasteiger partial charge on any atom is -0.511 e. The fraction of sp³-hybridized carbons (Fsp3) is 0.158. The van der Waals surface area contributed by atoms with Crippen molar-refractivity contribution in [3.8, 4) is 0 Å². The Hall–Kier alpha value is -2.68. The van der Waals surface area contributed by atoms with Crippen LogP contribution in [0.2, 0.25) is 0 Å². The van der Waals surface area contributed by atoms with Crippen LogP contribution in [0.5, 0.6) is 0 Å². The third-order valence-corrected chi connectivity index (χ3v) is 3.85.